The molecule has 1 N–H and O–H groups in total. The fourth-order valence-corrected chi connectivity index (χ4v) is 4.04. The van der Waals surface area contributed by atoms with Crippen molar-refractivity contribution < 1.29 is 19.1 Å². The quantitative estimate of drug-likeness (QED) is 0.613. The number of hydrogen-bond acceptors (Lipinski definition) is 6. The van der Waals surface area contributed by atoms with Gasteiger partial charge in [-0.2, -0.15) is 0 Å². The number of nitrogens with zero attached hydrogens (tertiary/aromatic N) is 1. The van der Waals surface area contributed by atoms with Gasteiger partial charge in [0.1, 0.15) is 5.75 Å². The maximum absolute atomic E-state index is 12.5. The van der Waals surface area contributed by atoms with E-state index in [1.807, 2.05) is 55.5 Å². The number of rotatable bonds is 7. The van der Waals surface area contributed by atoms with Crippen LogP contribution in [0.2, 0.25) is 0 Å². The Bertz CT molecular complexity index is 1010. The van der Waals surface area contributed by atoms with Gasteiger partial charge in [0.25, 0.3) is 5.91 Å². The number of carbonyl (C=O) groups excluding carboxylic acids is 2. The highest BCUT2D eigenvalue weighted by molar-refractivity contribution is 7.22. The molecular formula is C21H20N2O4S. The molecule has 1 amide bonds. The number of aromatic nitrogens is 1. The van der Waals surface area contributed by atoms with Gasteiger partial charge in [-0.15, -0.1) is 0 Å². The first-order valence-corrected chi connectivity index (χ1v) is 9.98. The average Bonchev–Trinajstić information content (AvgIpc) is 3.42. The highest BCUT2D eigenvalue weighted by atomic mass is 32.1. The predicted molar refractivity (Wildman–Crippen MR) is 108 cm³/mol. The van der Waals surface area contributed by atoms with Crippen molar-refractivity contribution in [2.24, 2.45) is 0 Å². The second-order valence-corrected chi connectivity index (χ2v) is 7.68. The van der Waals surface area contributed by atoms with E-state index in [2.05, 4.69) is 10.3 Å². The second kappa shape index (κ2) is 7.59. The molecule has 2 aromatic carbocycles. The minimum absolute atomic E-state index is 0.326. The lowest BCUT2D eigenvalue weighted by atomic mass is 9.96. The summed E-state index contributed by atoms with van der Waals surface area (Å²) in [5.41, 5.74) is 1.13. The van der Waals surface area contributed by atoms with Crippen LogP contribution in [0.1, 0.15) is 25.3 Å². The predicted octanol–water partition coefficient (Wildman–Crippen LogP) is 3.91. The van der Waals surface area contributed by atoms with Crippen LogP contribution in [-0.2, 0) is 19.7 Å². The highest BCUT2D eigenvalue weighted by Gasteiger charge is 2.52. The summed E-state index contributed by atoms with van der Waals surface area (Å²) in [6.45, 7) is 2.19. The standard InChI is InChI=1S/C21H20N2O4S/c1-2-26-15-8-9-16-17(12-15)28-20(22-16)23-18(24)13-27-19(25)21(10-11-21)14-6-4-3-5-7-14/h3-9,12H,2,10-11,13H2,1H3,(H,22,23,24). The van der Waals surface area contributed by atoms with E-state index >= 15 is 0 Å². The van der Waals surface area contributed by atoms with Crippen molar-refractivity contribution in [2.45, 2.75) is 25.2 Å². The number of esters is 1. The summed E-state index contributed by atoms with van der Waals surface area (Å²) in [4.78, 5) is 29.1. The molecule has 4 rings (SSSR count). The molecule has 0 atom stereocenters. The first-order valence-electron chi connectivity index (χ1n) is 9.17. The molecule has 1 aromatic heterocycles. The molecule has 1 aliphatic carbocycles. The molecule has 144 valence electrons. The Hall–Kier alpha value is -2.93. The zero-order valence-electron chi connectivity index (χ0n) is 15.4. The van der Waals surface area contributed by atoms with Crippen molar-refractivity contribution in [2.75, 3.05) is 18.5 Å². The van der Waals surface area contributed by atoms with E-state index in [-0.39, 0.29) is 12.6 Å². The Morgan fingerprint density at radius 3 is 2.68 bits per heavy atom. The number of amides is 1. The van der Waals surface area contributed by atoms with Crippen LogP contribution in [0.4, 0.5) is 5.13 Å². The molecule has 6 nitrogen and oxygen atoms in total. The van der Waals surface area contributed by atoms with E-state index < -0.39 is 11.3 Å². The maximum atomic E-state index is 12.5. The van der Waals surface area contributed by atoms with E-state index in [0.29, 0.717) is 11.7 Å². The van der Waals surface area contributed by atoms with Crippen LogP contribution in [0.5, 0.6) is 5.75 Å². The van der Waals surface area contributed by atoms with Gasteiger partial charge in [0.2, 0.25) is 0 Å². The largest absolute Gasteiger partial charge is 0.494 e. The molecule has 0 bridgehead atoms. The molecule has 7 heteroatoms. The van der Waals surface area contributed by atoms with Gasteiger partial charge in [-0.3, -0.25) is 14.9 Å². The average molecular weight is 396 g/mol. The minimum atomic E-state index is -0.590. The van der Waals surface area contributed by atoms with E-state index in [4.69, 9.17) is 9.47 Å². The van der Waals surface area contributed by atoms with Gasteiger partial charge in [-0.1, -0.05) is 41.7 Å². The first kappa shape index (κ1) is 18.4. The number of fused-ring (bicyclic) bond motifs is 1. The minimum Gasteiger partial charge on any atom is -0.494 e. The van der Waals surface area contributed by atoms with Crippen molar-refractivity contribution in [3.05, 3.63) is 54.1 Å². The van der Waals surface area contributed by atoms with Crippen LogP contribution in [0.15, 0.2) is 48.5 Å². The van der Waals surface area contributed by atoms with Crippen LogP contribution in [0.3, 0.4) is 0 Å². The molecule has 28 heavy (non-hydrogen) atoms. The van der Waals surface area contributed by atoms with Crippen LogP contribution >= 0.6 is 11.3 Å². The van der Waals surface area contributed by atoms with Gasteiger partial charge in [0.15, 0.2) is 11.7 Å². The molecule has 3 aromatic rings. The number of hydrogen-bond donors (Lipinski definition) is 1. The van der Waals surface area contributed by atoms with E-state index in [9.17, 15) is 9.59 Å². The molecule has 0 spiro atoms. The summed E-state index contributed by atoms with van der Waals surface area (Å²) < 4.78 is 11.7. The smallest absolute Gasteiger partial charge is 0.317 e. The monoisotopic (exact) mass is 396 g/mol. The lowest BCUT2D eigenvalue weighted by molar-refractivity contribution is -0.150. The lowest BCUT2D eigenvalue weighted by Gasteiger charge is -2.14. The number of nitrogens with one attached hydrogen (secondary N) is 1. The van der Waals surface area contributed by atoms with Gasteiger partial charge in [-0.25, -0.2) is 4.98 Å². The molecule has 1 heterocycles. The Morgan fingerprint density at radius 2 is 1.96 bits per heavy atom. The Labute approximate surface area is 166 Å². The molecular weight excluding hydrogens is 376 g/mol. The van der Waals surface area contributed by atoms with E-state index in [1.165, 1.54) is 11.3 Å². The summed E-state index contributed by atoms with van der Waals surface area (Å²) in [7, 11) is 0. The van der Waals surface area contributed by atoms with E-state index in [1.54, 1.807) is 0 Å². The van der Waals surface area contributed by atoms with Gasteiger partial charge in [0.05, 0.1) is 22.2 Å². The fourth-order valence-electron chi connectivity index (χ4n) is 3.13. The summed E-state index contributed by atoms with van der Waals surface area (Å²) in [6, 6.07) is 15.1. The van der Waals surface area contributed by atoms with Crippen molar-refractivity contribution in [3.8, 4) is 5.75 Å². The van der Waals surface area contributed by atoms with Gasteiger partial charge in [-0.05, 0) is 43.5 Å². The van der Waals surface area contributed by atoms with Gasteiger partial charge in [0, 0.05) is 0 Å². The van der Waals surface area contributed by atoms with Gasteiger partial charge >= 0.3 is 5.97 Å². The van der Waals surface area contributed by atoms with Crippen LogP contribution in [-0.4, -0.2) is 30.1 Å². The third kappa shape index (κ3) is 3.71. The van der Waals surface area contributed by atoms with Crippen molar-refractivity contribution >= 4 is 38.6 Å². The number of anilines is 1. The van der Waals surface area contributed by atoms with Crippen molar-refractivity contribution in [1.29, 1.82) is 0 Å². The van der Waals surface area contributed by atoms with Crippen LogP contribution in [0.25, 0.3) is 10.2 Å². The fraction of sp³-hybridized carbons (Fsp3) is 0.286. The molecule has 1 saturated carbocycles. The lowest BCUT2D eigenvalue weighted by Crippen LogP contribution is -2.28. The second-order valence-electron chi connectivity index (χ2n) is 6.65. The first-order chi connectivity index (χ1) is 13.6. The zero-order valence-corrected chi connectivity index (χ0v) is 16.3. The highest BCUT2D eigenvalue weighted by Crippen LogP contribution is 2.49. The van der Waals surface area contributed by atoms with Crippen LogP contribution < -0.4 is 10.1 Å². The van der Waals surface area contributed by atoms with Crippen molar-refractivity contribution in [1.82, 2.24) is 4.98 Å². The zero-order chi connectivity index (χ0) is 19.6. The Morgan fingerprint density at radius 1 is 1.18 bits per heavy atom. The molecule has 1 aliphatic rings. The normalized spacial score (nSPS) is 14.5. The van der Waals surface area contributed by atoms with Gasteiger partial charge < -0.3 is 9.47 Å². The van der Waals surface area contributed by atoms with Crippen molar-refractivity contribution in [3.63, 3.8) is 0 Å². The number of ether oxygens (including phenoxy) is 2. The number of benzene rings is 2. The van der Waals surface area contributed by atoms with Crippen LogP contribution in [0, 0.1) is 0 Å². The summed E-state index contributed by atoms with van der Waals surface area (Å²) in [6.07, 6.45) is 1.50. The summed E-state index contributed by atoms with van der Waals surface area (Å²) in [5.74, 6) is 0.0157. The van der Waals surface area contributed by atoms with E-state index in [0.717, 1.165) is 34.4 Å². The molecule has 0 aliphatic heterocycles. The Balaban J connectivity index is 1.36. The maximum Gasteiger partial charge on any atom is 0.317 e. The number of thiazole rings is 1. The third-order valence-electron chi connectivity index (χ3n) is 4.72. The molecule has 0 unspecified atom stereocenters. The third-order valence-corrected chi connectivity index (χ3v) is 5.65. The number of carbonyl (C=O) groups is 2. The Kier molecular flexibility index (Phi) is 5.00. The SMILES string of the molecule is CCOc1ccc2nc(NC(=O)COC(=O)C3(c4ccccc4)CC3)sc2c1. The molecule has 0 saturated heterocycles. The summed E-state index contributed by atoms with van der Waals surface area (Å²) >= 11 is 1.35. The summed E-state index contributed by atoms with van der Waals surface area (Å²) in [5, 5.41) is 3.17. The molecule has 1 fully saturated rings. The molecule has 0 radical (unpaired) electrons. The topological polar surface area (TPSA) is 77.5 Å².